The maximum absolute atomic E-state index is 13.1. The van der Waals surface area contributed by atoms with E-state index in [-0.39, 0.29) is 25.7 Å². The van der Waals surface area contributed by atoms with Crippen LogP contribution in [0.5, 0.6) is 0 Å². The molecule has 0 aliphatic heterocycles. The highest BCUT2D eigenvalue weighted by atomic mass is 31.2. The highest BCUT2D eigenvalue weighted by Gasteiger charge is 2.30. The van der Waals surface area contributed by atoms with Crippen molar-refractivity contribution >= 4 is 39.5 Å². The van der Waals surface area contributed by atoms with Gasteiger partial charge < -0.3 is 33.8 Å². The van der Waals surface area contributed by atoms with Crippen LogP contribution < -0.4 is 0 Å². The van der Waals surface area contributed by atoms with E-state index in [0.717, 1.165) is 102 Å². The number of aliphatic hydroxyl groups is 1. The number of carbonyl (C=O) groups is 4. The highest BCUT2D eigenvalue weighted by Crippen LogP contribution is 2.45. The Morgan fingerprint density at radius 1 is 0.284 bits per heavy atom. The number of phosphoric acid groups is 2. The number of aliphatic hydroxyl groups excluding tert-OH is 1. The number of rotatable bonds is 74. The third-order valence-electron chi connectivity index (χ3n) is 17.6. The molecule has 0 spiro atoms. The summed E-state index contributed by atoms with van der Waals surface area (Å²) in [6.07, 6.45) is 53.2. The van der Waals surface area contributed by atoms with Gasteiger partial charge >= 0.3 is 39.5 Å². The molecule has 0 rings (SSSR count). The molecule has 0 bridgehead atoms. The van der Waals surface area contributed by atoms with Crippen LogP contribution >= 0.6 is 15.6 Å². The van der Waals surface area contributed by atoms with Crippen molar-refractivity contribution in [1.29, 1.82) is 0 Å². The Morgan fingerprint density at radius 2 is 0.484 bits per heavy atom. The lowest BCUT2D eigenvalue weighted by molar-refractivity contribution is -0.161. The van der Waals surface area contributed by atoms with E-state index in [9.17, 15) is 43.2 Å². The van der Waals surface area contributed by atoms with E-state index in [1.165, 1.54) is 193 Å². The summed E-state index contributed by atoms with van der Waals surface area (Å²) in [5.74, 6) is 0.0298. The van der Waals surface area contributed by atoms with E-state index >= 15 is 0 Å². The molecule has 564 valence electrons. The monoisotopic (exact) mass is 1400 g/mol. The fraction of sp³-hybridized carbons (Fsp3) is 0.947. The lowest BCUT2D eigenvalue weighted by Crippen LogP contribution is -2.30. The van der Waals surface area contributed by atoms with Crippen LogP contribution in [0.4, 0.5) is 0 Å². The molecule has 0 radical (unpaired) electrons. The van der Waals surface area contributed by atoms with Gasteiger partial charge in [0.05, 0.1) is 26.4 Å². The largest absolute Gasteiger partial charge is 0.472 e. The molecule has 0 fully saturated rings. The molecule has 0 aliphatic rings. The first-order valence-electron chi connectivity index (χ1n) is 39.3. The number of hydrogen-bond donors (Lipinski definition) is 3. The first-order chi connectivity index (χ1) is 45.7. The Kier molecular flexibility index (Phi) is 65.2. The predicted molar refractivity (Wildman–Crippen MR) is 386 cm³/mol. The number of ether oxygens (including phenoxy) is 4. The molecule has 0 saturated carbocycles. The predicted octanol–water partition coefficient (Wildman–Crippen LogP) is 22.2. The van der Waals surface area contributed by atoms with Crippen molar-refractivity contribution in [1.82, 2.24) is 0 Å². The van der Waals surface area contributed by atoms with Gasteiger partial charge in [0, 0.05) is 25.7 Å². The Bertz CT molecular complexity index is 1850. The molecule has 0 aliphatic carbocycles. The quantitative estimate of drug-likeness (QED) is 0.0222. The molecule has 0 aromatic heterocycles. The second kappa shape index (κ2) is 66.6. The first-order valence-corrected chi connectivity index (χ1v) is 42.3. The van der Waals surface area contributed by atoms with E-state index in [1.807, 2.05) is 0 Å². The molecule has 17 nitrogen and oxygen atoms in total. The molecule has 3 N–H and O–H groups in total. The molecule has 0 saturated heterocycles. The summed E-state index contributed by atoms with van der Waals surface area (Å²) in [5.41, 5.74) is 0. The van der Waals surface area contributed by atoms with Crippen molar-refractivity contribution < 1.29 is 80.2 Å². The summed E-state index contributed by atoms with van der Waals surface area (Å²) in [6, 6.07) is 0. The molecular weight excluding hydrogens is 1250 g/mol. The van der Waals surface area contributed by atoms with Gasteiger partial charge in [0.2, 0.25) is 0 Å². The second-order valence-electron chi connectivity index (χ2n) is 28.8. The van der Waals surface area contributed by atoms with Gasteiger partial charge in [0.1, 0.15) is 19.3 Å². The lowest BCUT2D eigenvalue weighted by Gasteiger charge is -2.21. The van der Waals surface area contributed by atoms with Crippen molar-refractivity contribution in [2.45, 2.75) is 407 Å². The normalized spacial score (nSPS) is 14.1. The van der Waals surface area contributed by atoms with Crippen LogP contribution in [0.15, 0.2) is 0 Å². The van der Waals surface area contributed by atoms with Crippen LogP contribution in [0.25, 0.3) is 0 Å². The Morgan fingerprint density at radius 3 is 0.716 bits per heavy atom. The minimum atomic E-state index is -4.96. The highest BCUT2D eigenvalue weighted by molar-refractivity contribution is 7.47. The van der Waals surface area contributed by atoms with Crippen molar-refractivity contribution in [3.05, 3.63) is 0 Å². The van der Waals surface area contributed by atoms with Crippen molar-refractivity contribution in [2.24, 2.45) is 17.8 Å². The van der Waals surface area contributed by atoms with E-state index < -0.39 is 97.5 Å². The van der Waals surface area contributed by atoms with Gasteiger partial charge in [-0.05, 0) is 43.4 Å². The van der Waals surface area contributed by atoms with Gasteiger partial charge in [0.25, 0.3) is 0 Å². The first kappa shape index (κ1) is 93.1. The molecule has 0 amide bonds. The number of unbranched alkanes of at least 4 members (excludes halogenated alkanes) is 42. The SMILES string of the molecule is CCCCCCCCCCCCCCCCCCCCCC(=O)O[C@H](COC(=O)CCCCCCCCCCCCCCCCCC(C)C)COP(=O)(O)OC[C@@H](O)COP(=O)(O)OC[C@@H](COC(=O)CCCCCCCCC(C)C)OC(=O)CCCCCCCCC(C)C. The zero-order valence-electron chi connectivity index (χ0n) is 62.1. The minimum Gasteiger partial charge on any atom is -0.462 e. The topological polar surface area (TPSA) is 237 Å². The number of carbonyl (C=O) groups excluding carboxylic acids is 4. The second-order valence-corrected chi connectivity index (χ2v) is 31.7. The van der Waals surface area contributed by atoms with Crippen LogP contribution in [0.2, 0.25) is 0 Å². The molecule has 19 heteroatoms. The summed E-state index contributed by atoms with van der Waals surface area (Å²) in [4.78, 5) is 72.7. The number of hydrogen-bond acceptors (Lipinski definition) is 15. The maximum Gasteiger partial charge on any atom is 0.472 e. The maximum atomic E-state index is 13.1. The standard InChI is InChI=1S/C76H148O17P2/c1-8-9-10-11-12-13-14-15-16-17-18-19-22-26-29-32-35-45-52-59-75(80)92-71(63-86-73(78)57-50-43-34-31-28-25-23-20-21-24-27-30-33-40-47-54-67(2)3)65-90-94(82,83)88-61-70(77)62-89-95(84,85)91-66-72(93-76(81)60-53-46-39-37-42-49-56-69(6)7)64-87-74(79)58-51-44-38-36-41-48-55-68(4)5/h67-72,77H,8-66H2,1-7H3,(H,82,83)(H,84,85)/t70-,71-,72-/m1/s1. The fourth-order valence-electron chi connectivity index (χ4n) is 11.6. The molecule has 0 aromatic rings. The zero-order chi connectivity index (χ0) is 70.1. The zero-order valence-corrected chi connectivity index (χ0v) is 63.9. The van der Waals surface area contributed by atoms with Gasteiger partial charge in [0.15, 0.2) is 12.2 Å². The summed E-state index contributed by atoms with van der Waals surface area (Å²) >= 11 is 0. The van der Waals surface area contributed by atoms with Crippen molar-refractivity contribution in [2.75, 3.05) is 39.6 Å². The fourth-order valence-corrected chi connectivity index (χ4v) is 13.2. The molecule has 2 unspecified atom stereocenters. The van der Waals surface area contributed by atoms with Gasteiger partial charge in [-0.15, -0.1) is 0 Å². The molecular formula is C76H148O17P2. The Hall–Kier alpha value is -1.94. The molecule has 95 heavy (non-hydrogen) atoms. The van der Waals surface area contributed by atoms with E-state index in [1.54, 1.807) is 0 Å². The minimum absolute atomic E-state index is 0.101. The molecule has 5 atom stereocenters. The third kappa shape index (κ3) is 70.3. The molecule has 0 aromatic carbocycles. The smallest absolute Gasteiger partial charge is 0.462 e. The average Bonchev–Trinajstić information content (AvgIpc) is 1.34. The van der Waals surface area contributed by atoms with Crippen LogP contribution in [0.1, 0.15) is 389 Å². The average molecular weight is 1400 g/mol. The number of phosphoric ester groups is 2. The summed E-state index contributed by atoms with van der Waals surface area (Å²) in [6.45, 7) is 11.7. The van der Waals surface area contributed by atoms with Crippen LogP contribution in [-0.2, 0) is 65.4 Å². The Balaban J connectivity index is 5.19. The van der Waals surface area contributed by atoms with E-state index in [2.05, 4.69) is 48.5 Å². The van der Waals surface area contributed by atoms with Gasteiger partial charge in [-0.3, -0.25) is 37.3 Å². The Labute approximate surface area is 581 Å². The van der Waals surface area contributed by atoms with Crippen molar-refractivity contribution in [3.63, 3.8) is 0 Å². The van der Waals surface area contributed by atoms with E-state index in [0.29, 0.717) is 37.5 Å². The summed E-state index contributed by atoms with van der Waals surface area (Å²) in [5, 5.41) is 10.6. The summed E-state index contributed by atoms with van der Waals surface area (Å²) in [7, 11) is -9.91. The van der Waals surface area contributed by atoms with Crippen LogP contribution in [0.3, 0.4) is 0 Å². The third-order valence-corrected chi connectivity index (χ3v) is 19.5. The lowest BCUT2D eigenvalue weighted by atomic mass is 10.0. The van der Waals surface area contributed by atoms with Crippen LogP contribution in [-0.4, -0.2) is 96.7 Å². The van der Waals surface area contributed by atoms with E-state index in [4.69, 9.17) is 37.0 Å². The van der Waals surface area contributed by atoms with Crippen LogP contribution in [0, 0.1) is 17.8 Å². The number of esters is 4. The van der Waals surface area contributed by atoms with Gasteiger partial charge in [-0.2, -0.15) is 0 Å². The molecule has 0 heterocycles. The summed E-state index contributed by atoms with van der Waals surface area (Å²) < 4.78 is 68.4. The van der Waals surface area contributed by atoms with Gasteiger partial charge in [-0.1, -0.05) is 337 Å². The van der Waals surface area contributed by atoms with Crippen molar-refractivity contribution in [3.8, 4) is 0 Å². The van der Waals surface area contributed by atoms with Gasteiger partial charge in [-0.25, -0.2) is 9.13 Å².